The van der Waals surface area contributed by atoms with Crippen molar-refractivity contribution in [3.05, 3.63) is 0 Å². The number of carbonyl (C=O) groups is 4. The first kappa shape index (κ1) is 28.7. The molecule has 0 aromatic rings. The van der Waals surface area contributed by atoms with Gasteiger partial charge in [0.25, 0.3) is 0 Å². The SMILES string of the molecule is CC(NC(=O)C(N)C(C)O)C(=O)NC(CCCCN)C(=O)NC(CCCCN)C(=O)O. The van der Waals surface area contributed by atoms with Gasteiger partial charge in [0.2, 0.25) is 17.7 Å². The predicted octanol–water partition coefficient (Wildman–Crippen LogP) is -2.49. The Bertz CT molecular complexity index is 588. The number of nitrogens with one attached hydrogen (secondary N) is 3. The molecule has 3 amide bonds. The molecule has 0 radical (unpaired) electrons. The first-order valence-corrected chi connectivity index (χ1v) is 10.5. The summed E-state index contributed by atoms with van der Waals surface area (Å²) in [4.78, 5) is 48.5. The van der Waals surface area contributed by atoms with E-state index < -0.39 is 54.0 Å². The quantitative estimate of drug-likeness (QED) is 0.117. The van der Waals surface area contributed by atoms with E-state index in [0.717, 1.165) is 0 Å². The fourth-order valence-electron chi connectivity index (χ4n) is 2.68. The molecule has 31 heavy (non-hydrogen) atoms. The van der Waals surface area contributed by atoms with Crippen molar-refractivity contribution in [2.45, 2.75) is 82.6 Å². The number of carboxylic acids is 1. The molecule has 0 aliphatic carbocycles. The third kappa shape index (κ3) is 11.6. The minimum absolute atomic E-state index is 0.214. The number of unbranched alkanes of at least 4 members (excludes halogenated alkanes) is 2. The zero-order chi connectivity index (χ0) is 24.0. The molecule has 0 aromatic heterocycles. The maximum atomic E-state index is 12.7. The van der Waals surface area contributed by atoms with Gasteiger partial charge in [-0.2, -0.15) is 0 Å². The van der Waals surface area contributed by atoms with Crippen LogP contribution in [0, 0.1) is 0 Å². The predicted molar refractivity (Wildman–Crippen MR) is 115 cm³/mol. The van der Waals surface area contributed by atoms with Gasteiger partial charge in [-0.15, -0.1) is 0 Å². The summed E-state index contributed by atoms with van der Waals surface area (Å²) in [6, 6.07) is -4.33. The molecule has 0 heterocycles. The average Bonchev–Trinajstić information content (AvgIpc) is 2.71. The van der Waals surface area contributed by atoms with Crippen molar-refractivity contribution < 1.29 is 29.4 Å². The molecule has 5 atom stereocenters. The van der Waals surface area contributed by atoms with E-state index in [2.05, 4.69) is 16.0 Å². The summed E-state index contributed by atoms with van der Waals surface area (Å²) < 4.78 is 0. The van der Waals surface area contributed by atoms with Crippen LogP contribution >= 0.6 is 0 Å². The van der Waals surface area contributed by atoms with E-state index >= 15 is 0 Å². The van der Waals surface area contributed by atoms with Gasteiger partial charge in [0.15, 0.2) is 0 Å². The van der Waals surface area contributed by atoms with Crippen LogP contribution in [0.3, 0.4) is 0 Å². The number of aliphatic carboxylic acids is 1. The molecule has 0 bridgehead atoms. The highest BCUT2D eigenvalue weighted by Gasteiger charge is 2.29. The largest absolute Gasteiger partial charge is 0.480 e. The number of aliphatic hydroxyl groups excluding tert-OH is 1. The number of nitrogens with two attached hydrogens (primary N) is 3. The lowest BCUT2D eigenvalue weighted by atomic mass is 10.1. The second-order valence-electron chi connectivity index (χ2n) is 7.53. The number of hydrogen-bond acceptors (Lipinski definition) is 8. The second kappa shape index (κ2) is 15.5. The molecule has 11 N–H and O–H groups in total. The normalized spacial score (nSPS) is 15.8. The molecule has 0 rings (SSSR count). The van der Waals surface area contributed by atoms with Crippen molar-refractivity contribution in [2.75, 3.05) is 13.1 Å². The summed E-state index contributed by atoms with van der Waals surface area (Å²) in [6.07, 6.45) is 1.68. The van der Waals surface area contributed by atoms with Gasteiger partial charge in [-0.25, -0.2) is 4.79 Å². The molecule has 0 saturated carbocycles. The number of carboxylic acid groups (broad SMARTS) is 1. The minimum Gasteiger partial charge on any atom is -0.480 e. The van der Waals surface area contributed by atoms with Crippen LogP contribution < -0.4 is 33.2 Å². The molecule has 12 nitrogen and oxygen atoms in total. The number of carbonyl (C=O) groups excluding carboxylic acids is 3. The van der Waals surface area contributed by atoms with E-state index in [1.807, 2.05) is 0 Å². The van der Waals surface area contributed by atoms with Crippen molar-refractivity contribution in [3.63, 3.8) is 0 Å². The molecule has 180 valence electrons. The monoisotopic (exact) mass is 446 g/mol. The van der Waals surface area contributed by atoms with Crippen LogP contribution in [0.1, 0.15) is 52.4 Å². The Kier molecular flexibility index (Phi) is 14.4. The van der Waals surface area contributed by atoms with Crippen LogP contribution in [0.2, 0.25) is 0 Å². The molecule has 0 aliphatic heterocycles. The Morgan fingerprint density at radius 2 is 1.26 bits per heavy atom. The molecule has 0 saturated heterocycles. The lowest BCUT2D eigenvalue weighted by molar-refractivity contribution is -0.142. The van der Waals surface area contributed by atoms with E-state index in [9.17, 15) is 29.4 Å². The van der Waals surface area contributed by atoms with Crippen LogP contribution in [-0.4, -0.2) is 77.3 Å². The number of rotatable bonds is 16. The highest BCUT2D eigenvalue weighted by Crippen LogP contribution is 2.06. The Hall–Kier alpha value is -2.28. The zero-order valence-electron chi connectivity index (χ0n) is 18.3. The molecule has 5 unspecified atom stereocenters. The Morgan fingerprint density at radius 3 is 1.71 bits per heavy atom. The van der Waals surface area contributed by atoms with Crippen molar-refractivity contribution in [2.24, 2.45) is 17.2 Å². The molecule has 0 aliphatic rings. The molecule has 0 spiro atoms. The van der Waals surface area contributed by atoms with Gasteiger partial charge in [0, 0.05) is 0 Å². The number of aliphatic hydroxyl groups is 1. The van der Waals surface area contributed by atoms with Crippen LogP contribution in [0.4, 0.5) is 0 Å². The summed E-state index contributed by atoms with van der Waals surface area (Å²) in [5.74, 6) is -3.17. The molecule has 0 fully saturated rings. The maximum absolute atomic E-state index is 12.7. The van der Waals surface area contributed by atoms with Gasteiger partial charge < -0.3 is 43.4 Å². The van der Waals surface area contributed by atoms with Gasteiger partial charge in [-0.1, -0.05) is 0 Å². The third-order valence-corrected chi connectivity index (χ3v) is 4.72. The van der Waals surface area contributed by atoms with Crippen molar-refractivity contribution in [1.82, 2.24) is 16.0 Å². The lowest BCUT2D eigenvalue weighted by Crippen LogP contribution is -2.57. The summed E-state index contributed by atoms with van der Waals surface area (Å²) in [6.45, 7) is 3.58. The molecular formula is C19H38N6O6. The van der Waals surface area contributed by atoms with Crippen molar-refractivity contribution in [3.8, 4) is 0 Å². The Labute approximate surface area is 182 Å². The Balaban J connectivity index is 5.09. The minimum atomic E-state index is -1.20. The smallest absolute Gasteiger partial charge is 0.326 e. The number of hydrogen-bond donors (Lipinski definition) is 8. The highest BCUT2D eigenvalue weighted by atomic mass is 16.4. The average molecular weight is 447 g/mol. The van der Waals surface area contributed by atoms with Crippen LogP contribution in [0.15, 0.2) is 0 Å². The first-order chi connectivity index (χ1) is 14.5. The van der Waals surface area contributed by atoms with Crippen molar-refractivity contribution >= 4 is 23.7 Å². The summed E-state index contributed by atoms with van der Waals surface area (Å²) >= 11 is 0. The maximum Gasteiger partial charge on any atom is 0.326 e. The third-order valence-electron chi connectivity index (χ3n) is 4.72. The van der Waals surface area contributed by atoms with Gasteiger partial charge in [0.05, 0.1) is 6.10 Å². The summed E-state index contributed by atoms with van der Waals surface area (Å²) in [5, 5.41) is 26.1. The van der Waals surface area contributed by atoms with Gasteiger partial charge in [-0.05, 0) is 65.5 Å². The van der Waals surface area contributed by atoms with Crippen molar-refractivity contribution in [1.29, 1.82) is 0 Å². The highest BCUT2D eigenvalue weighted by molar-refractivity contribution is 5.93. The van der Waals surface area contributed by atoms with E-state index in [1.54, 1.807) is 0 Å². The fourth-order valence-corrected chi connectivity index (χ4v) is 2.68. The van der Waals surface area contributed by atoms with Crippen LogP contribution in [0.5, 0.6) is 0 Å². The summed E-state index contributed by atoms with van der Waals surface area (Å²) in [7, 11) is 0. The molecular weight excluding hydrogens is 408 g/mol. The van der Waals surface area contributed by atoms with Gasteiger partial charge in [-0.3, -0.25) is 14.4 Å². The van der Waals surface area contributed by atoms with Gasteiger partial charge >= 0.3 is 5.97 Å². The molecule has 0 aromatic carbocycles. The van der Waals surface area contributed by atoms with E-state index in [1.165, 1.54) is 13.8 Å². The summed E-state index contributed by atoms with van der Waals surface area (Å²) in [5.41, 5.74) is 16.4. The topological polar surface area (TPSA) is 223 Å². The van der Waals surface area contributed by atoms with Crippen LogP contribution in [0.25, 0.3) is 0 Å². The zero-order valence-corrected chi connectivity index (χ0v) is 18.3. The van der Waals surface area contributed by atoms with E-state index in [0.29, 0.717) is 38.8 Å². The fraction of sp³-hybridized carbons (Fsp3) is 0.789. The van der Waals surface area contributed by atoms with E-state index in [4.69, 9.17) is 17.2 Å². The van der Waals surface area contributed by atoms with Crippen LogP contribution in [-0.2, 0) is 19.2 Å². The van der Waals surface area contributed by atoms with Gasteiger partial charge in [0.1, 0.15) is 24.2 Å². The standard InChI is InChI=1S/C19H38N6O6/c1-11(23-18(29)15(22)12(2)26)16(27)24-13(7-3-5-9-20)17(28)25-14(19(30)31)8-4-6-10-21/h11-15,26H,3-10,20-22H2,1-2H3,(H,23,29)(H,24,27)(H,25,28)(H,30,31). The first-order valence-electron chi connectivity index (χ1n) is 10.5. The van der Waals surface area contributed by atoms with E-state index in [-0.39, 0.29) is 12.8 Å². The number of amides is 3. The lowest BCUT2D eigenvalue weighted by Gasteiger charge is -2.24. The Morgan fingerprint density at radius 1 is 0.774 bits per heavy atom. The second-order valence-corrected chi connectivity index (χ2v) is 7.53. The molecule has 12 heteroatoms.